The maximum Gasteiger partial charge on any atom is 0.339 e. The third-order valence-corrected chi connectivity index (χ3v) is 7.22. The molecule has 2 aromatic rings. The van der Waals surface area contributed by atoms with Crippen LogP contribution in [-0.2, 0) is 11.2 Å². The summed E-state index contributed by atoms with van der Waals surface area (Å²) in [5.41, 5.74) is 3.22. The van der Waals surface area contributed by atoms with E-state index in [1.807, 2.05) is 24.3 Å². The second-order valence-electron chi connectivity index (χ2n) is 9.13. The number of anilines is 2. The molecule has 2 unspecified atom stereocenters. The Kier molecular flexibility index (Phi) is 5.79. The number of thiophene rings is 1. The van der Waals surface area contributed by atoms with Gasteiger partial charge in [-0.15, -0.1) is 11.3 Å². The first kappa shape index (κ1) is 21.2. The van der Waals surface area contributed by atoms with Gasteiger partial charge >= 0.3 is 5.97 Å². The van der Waals surface area contributed by atoms with E-state index in [0.717, 1.165) is 55.3 Å². The number of nitrogens with zero attached hydrogens (tertiary/aromatic N) is 1. The average molecular weight is 431 g/mol. The minimum absolute atomic E-state index is 0.151. The van der Waals surface area contributed by atoms with Gasteiger partial charge in [-0.25, -0.2) is 4.79 Å². The predicted octanol–water partition coefficient (Wildman–Crippen LogP) is 4.46. The van der Waals surface area contributed by atoms with Crippen molar-refractivity contribution in [3.8, 4) is 0 Å². The Morgan fingerprint density at radius 1 is 1.27 bits per heavy atom. The van der Waals surface area contributed by atoms with Gasteiger partial charge in [0.05, 0.1) is 18.8 Å². The Bertz CT molecular complexity index is 916. The second kappa shape index (κ2) is 8.21. The van der Waals surface area contributed by atoms with Gasteiger partial charge < -0.3 is 25.2 Å². The van der Waals surface area contributed by atoms with Gasteiger partial charge in [0, 0.05) is 29.2 Å². The molecule has 1 fully saturated rings. The number of fused-ring (bicyclic) bond motifs is 1. The summed E-state index contributed by atoms with van der Waals surface area (Å²) in [5, 5.41) is 24.3. The van der Waals surface area contributed by atoms with E-state index >= 15 is 0 Å². The normalized spacial score (nSPS) is 21.7. The summed E-state index contributed by atoms with van der Waals surface area (Å²) < 4.78 is 5.40. The van der Waals surface area contributed by atoms with Gasteiger partial charge in [-0.1, -0.05) is 32.9 Å². The number of nitrogens with one attached hydrogen (secondary N) is 1. The van der Waals surface area contributed by atoms with Crippen LogP contribution in [0.3, 0.4) is 0 Å². The molecule has 0 spiro atoms. The first-order valence-corrected chi connectivity index (χ1v) is 11.3. The van der Waals surface area contributed by atoms with Crippen LogP contribution in [0.5, 0.6) is 0 Å². The highest BCUT2D eigenvalue weighted by Crippen LogP contribution is 2.49. The van der Waals surface area contributed by atoms with Gasteiger partial charge in [-0.05, 0) is 41.9 Å². The number of aromatic carboxylic acids is 1. The minimum atomic E-state index is -0.967. The van der Waals surface area contributed by atoms with Crippen molar-refractivity contribution in [2.24, 2.45) is 5.41 Å². The second-order valence-corrected chi connectivity index (χ2v) is 10.2. The van der Waals surface area contributed by atoms with Crippen LogP contribution in [0.25, 0.3) is 0 Å². The molecule has 6 nitrogen and oxygen atoms in total. The fraction of sp³-hybridized carbons (Fsp3) is 0.522. The zero-order valence-corrected chi connectivity index (χ0v) is 18.6. The Labute approximate surface area is 181 Å². The lowest BCUT2D eigenvalue weighted by Crippen LogP contribution is -2.36. The predicted molar refractivity (Wildman–Crippen MR) is 120 cm³/mol. The molecular weight excluding hydrogens is 400 g/mol. The van der Waals surface area contributed by atoms with Crippen molar-refractivity contribution in [2.75, 3.05) is 36.5 Å². The number of aliphatic hydroxyl groups excluding tert-OH is 1. The molecule has 30 heavy (non-hydrogen) atoms. The van der Waals surface area contributed by atoms with E-state index in [1.54, 1.807) is 0 Å². The van der Waals surface area contributed by atoms with Crippen molar-refractivity contribution in [3.63, 3.8) is 0 Å². The topological polar surface area (TPSA) is 82.0 Å². The number of aliphatic hydroxyl groups is 1. The monoisotopic (exact) mass is 430 g/mol. The van der Waals surface area contributed by atoms with Crippen LogP contribution in [0, 0.1) is 5.41 Å². The van der Waals surface area contributed by atoms with Gasteiger partial charge in [-0.3, -0.25) is 0 Å². The van der Waals surface area contributed by atoms with E-state index in [2.05, 4.69) is 31.0 Å². The SMILES string of the molecule is CC1CC(C)(C)Cc2sc(NC(O)c3ccc(N4CCOCC4)cc3)c(C(=O)O)c21. The molecule has 2 atom stereocenters. The van der Waals surface area contributed by atoms with Crippen molar-refractivity contribution in [3.05, 3.63) is 45.8 Å². The lowest BCUT2D eigenvalue weighted by atomic mass is 9.72. The van der Waals surface area contributed by atoms with Gasteiger partial charge in [-0.2, -0.15) is 0 Å². The third-order valence-electron chi connectivity index (χ3n) is 6.08. The summed E-state index contributed by atoms with van der Waals surface area (Å²) in [6, 6.07) is 7.77. The summed E-state index contributed by atoms with van der Waals surface area (Å²) in [6.45, 7) is 9.72. The molecule has 1 aromatic carbocycles. The Morgan fingerprint density at radius 2 is 1.93 bits per heavy atom. The van der Waals surface area contributed by atoms with Gasteiger partial charge in [0.1, 0.15) is 5.00 Å². The molecule has 1 aliphatic heterocycles. The van der Waals surface area contributed by atoms with E-state index in [9.17, 15) is 15.0 Å². The zero-order chi connectivity index (χ0) is 21.5. The van der Waals surface area contributed by atoms with Crippen molar-refractivity contribution >= 4 is 28.0 Å². The summed E-state index contributed by atoms with van der Waals surface area (Å²) >= 11 is 1.47. The lowest BCUT2D eigenvalue weighted by molar-refractivity contribution is 0.0695. The number of hydrogen-bond acceptors (Lipinski definition) is 6. The van der Waals surface area contributed by atoms with Crippen molar-refractivity contribution in [1.29, 1.82) is 0 Å². The summed E-state index contributed by atoms with van der Waals surface area (Å²) in [6.07, 6.45) is 0.858. The number of carbonyl (C=O) groups is 1. The molecule has 2 heterocycles. The number of carboxylic acids is 1. The molecular formula is C23H30N2O4S. The highest BCUT2D eigenvalue weighted by atomic mass is 32.1. The fourth-order valence-corrected chi connectivity index (χ4v) is 6.38. The molecule has 7 heteroatoms. The van der Waals surface area contributed by atoms with Crippen molar-refractivity contribution < 1.29 is 19.7 Å². The number of morpholine rings is 1. The van der Waals surface area contributed by atoms with Gasteiger partial charge in [0.25, 0.3) is 0 Å². The summed E-state index contributed by atoms with van der Waals surface area (Å²) in [5.74, 6) is -0.747. The maximum absolute atomic E-state index is 12.1. The van der Waals surface area contributed by atoms with Crippen LogP contribution in [-0.4, -0.2) is 42.5 Å². The maximum atomic E-state index is 12.1. The molecule has 0 amide bonds. The number of hydrogen-bond donors (Lipinski definition) is 3. The Morgan fingerprint density at radius 3 is 2.57 bits per heavy atom. The van der Waals surface area contributed by atoms with E-state index < -0.39 is 12.2 Å². The molecule has 0 bridgehead atoms. The van der Waals surface area contributed by atoms with Crippen molar-refractivity contribution in [2.45, 2.75) is 45.8 Å². The van der Waals surface area contributed by atoms with Crippen LogP contribution >= 0.6 is 11.3 Å². The number of rotatable bonds is 5. The quantitative estimate of drug-likeness (QED) is 0.608. The molecule has 2 aliphatic rings. The smallest absolute Gasteiger partial charge is 0.339 e. The highest BCUT2D eigenvalue weighted by molar-refractivity contribution is 7.16. The van der Waals surface area contributed by atoms with E-state index in [-0.39, 0.29) is 11.3 Å². The Hall–Kier alpha value is -2.09. The molecule has 1 aromatic heterocycles. The van der Waals surface area contributed by atoms with Crippen LogP contribution in [0.1, 0.15) is 65.7 Å². The molecule has 162 valence electrons. The summed E-state index contributed by atoms with van der Waals surface area (Å²) in [4.78, 5) is 15.4. The molecule has 1 saturated heterocycles. The first-order chi connectivity index (χ1) is 14.2. The largest absolute Gasteiger partial charge is 0.478 e. The molecule has 0 radical (unpaired) electrons. The van der Waals surface area contributed by atoms with E-state index in [1.165, 1.54) is 11.3 Å². The fourth-order valence-electron chi connectivity index (χ4n) is 4.79. The zero-order valence-electron chi connectivity index (χ0n) is 17.8. The lowest BCUT2D eigenvalue weighted by Gasteiger charge is -2.33. The number of ether oxygens (including phenoxy) is 1. The molecule has 4 rings (SSSR count). The average Bonchev–Trinajstić information content (AvgIpc) is 3.05. The third kappa shape index (κ3) is 4.19. The van der Waals surface area contributed by atoms with Gasteiger partial charge in [0.15, 0.2) is 6.23 Å². The van der Waals surface area contributed by atoms with Crippen LogP contribution in [0.4, 0.5) is 10.7 Å². The Balaban J connectivity index is 1.56. The molecule has 1 aliphatic carbocycles. The standard InChI is InChI=1S/C23H30N2O4S/c1-14-12-23(2,3)13-17-18(14)19(22(27)28)21(30-17)24-20(26)15-4-6-16(7-5-15)25-8-10-29-11-9-25/h4-7,14,20,24,26H,8-13H2,1-3H3,(H,27,28). The van der Waals surface area contributed by atoms with Crippen LogP contribution < -0.4 is 10.2 Å². The van der Waals surface area contributed by atoms with Crippen LogP contribution in [0.2, 0.25) is 0 Å². The number of benzene rings is 1. The highest BCUT2D eigenvalue weighted by Gasteiger charge is 2.36. The van der Waals surface area contributed by atoms with E-state index in [0.29, 0.717) is 16.1 Å². The van der Waals surface area contributed by atoms with Crippen LogP contribution in [0.15, 0.2) is 24.3 Å². The van der Waals surface area contributed by atoms with E-state index in [4.69, 9.17) is 4.74 Å². The first-order valence-electron chi connectivity index (χ1n) is 10.5. The van der Waals surface area contributed by atoms with Crippen molar-refractivity contribution in [1.82, 2.24) is 0 Å². The number of carboxylic acid groups (broad SMARTS) is 1. The summed E-state index contributed by atoms with van der Waals surface area (Å²) in [7, 11) is 0. The molecule has 3 N–H and O–H groups in total. The van der Waals surface area contributed by atoms with Gasteiger partial charge in [0.2, 0.25) is 0 Å². The molecule has 0 saturated carbocycles. The minimum Gasteiger partial charge on any atom is -0.478 e.